The molecule has 88 valence electrons. The minimum atomic E-state index is 0.590. The highest BCUT2D eigenvalue weighted by molar-refractivity contribution is 5.29. The standard InChI is InChI=1S/C15H22O/c1-15-8-4-6-11-5-3-7-12(10-16-2)14(15)13(15)9-11/h6,10,13-14H,3-5,7-9H2,1-2H3/b12-10-/t13-,14+,15-/m0/s1. The highest BCUT2D eigenvalue weighted by atomic mass is 16.5. The van der Waals surface area contributed by atoms with Crippen LogP contribution in [0.15, 0.2) is 23.5 Å². The molecule has 3 aliphatic carbocycles. The fourth-order valence-corrected chi connectivity index (χ4v) is 4.15. The minimum absolute atomic E-state index is 0.590. The maximum Gasteiger partial charge on any atom is 0.0819 e. The van der Waals surface area contributed by atoms with Crippen LogP contribution in [-0.2, 0) is 4.74 Å². The van der Waals surface area contributed by atoms with Gasteiger partial charge in [-0.2, -0.15) is 0 Å². The first kappa shape index (κ1) is 10.4. The molecule has 1 heteroatoms. The summed E-state index contributed by atoms with van der Waals surface area (Å²) in [5.74, 6) is 1.75. The number of hydrogen-bond acceptors (Lipinski definition) is 1. The molecule has 0 saturated heterocycles. The summed E-state index contributed by atoms with van der Waals surface area (Å²) in [7, 11) is 1.79. The first-order valence-electron chi connectivity index (χ1n) is 6.65. The van der Waals surface area contributed by atoms with Gasteiger partial charge in [-0.3, -0.25) is 0 Å². The van der Waals surface area contributed by atoms with Crippen molar-refractivity contribution >= 4 is 0 Å². The Morgan fingerprint density at radius 3 is 3.12 bits per heavy atom. The molecule has 0 spiro atoms. The first-order valence-corrected chi connectivity index (χ1v) is 6.65. The van der Waals surface area contributed by atoms with Crippen LogP contribution in [0.25, 0.3) is 0 Å². The molecule has 2 bridgehead atoms. The van der Waals surface area contributed by atoms with Crippen molar-refractivity contribution in [1.29, 1.82) is 0 Å². The fourth-order valence-electron chi connectivity index (χ4n) is 4.15. The number of rotatable bonds is 1. The Bertz CT molecular complexity index is 352. The summed E-state index contributed by atoms with van der Waals surface area (Å²) in [6.07, 6.45) is 12.5. The molecule has 3 aliphatic rings. The van der Waals surface area contributed by atoms with Gasteiger partial charge in [0.2, 0.25) is 0 Å². The largest absolute Gasteiger partial charge is 0.504 e. The number of fused-ring (bicyclic) bond motifs is 2. The number of methoxy groups -OCH3 is 1. The molecule has 1 nitrogen and oxygen atoms in total. The Kier molecular flexibility index (Phi) is 2.38. The number of ether oxygens (including phenoxy) is 1. The van der Waals surface area contributed by atoms with E-state index < -0.39 is 0 Å². The molecule has 16 heavy (non-hydrogen) atoms. The lowest BCUT2D eigenvalue weighted by Crippen LogP contribution is -2.02. The van der Waals surface area contributed by atoms with E-state index in [1.807, 2.05) is 6.26 Å². The van der Waals surface area contributed by atoms with Crippen molar-refractivity contribution in [3.05, 3.63) is 23.5 Å². The van der Waals surface area contributed by atoms with E-state index in [2.05, 4.69) is 13.0 Å². The molecule has 0 unspecified atom stereocenters. The van der Waals surface area contributed by atoms with E-state index in [4.69, 9.17) is 4.74 Å². The van der Waals surface area contributed by atoms with Gasteiger partial charge < -0.3 is 4.74 Å². The van der Waals surface area contributed by atoms with Crippen LogP contribution < -0.4 is 0 Å². The quantitative estimate of drug-likeness (QED) is 0.476. The molecule has 3 atom stereocenters. The molecule has 2 fully saturated rings. The van der Waals surface area contributed by atoms with Gasteiger partial charge in [-0.15, -0.1) is 0 Å². The Morgan fingerprint density at radius 1 is 1.44 bits per heavy atom. The van der Waals surface area contributed by atoms with E-state index in [-0.39, 0.29) is 0 Å². The average Bonchev–Trinajstić information content (AvgIpc) is 2.82. The van der Waals surface area contributed by atoms with Crippen molar-refractivity contribution in [2.24, 2.45) is 17.3 Å². The van der Waals surface area contributed by atoms with Crippen LogP contribution in [0.1, 0.15) is 45.4 Å². The summed E-state index contributed by atoms with van der Waals surface area (Å²) < 4.78 is 5.28. The Labute approximate surface area is 98.6 Å². The monoisotopic (exact) mass is 218 g/mol. The van der Waals surface area contributed by atoms with Gasteiger partial charge in [0.25, 0.3) is 0 Å². The lowest BCUT2D eigenvalue weighted by Gasteiger charge is -2.15. The Balaban J connectivity index is 1.91. The van der Waals surface area contributed by atoms with Crippen LogP contribution in [0.3, 0.4) is 0 Å². The SMILES string of the molecule is CO/C=C1/CCCC2=CCC[C@]3(C)[C@H]1[C@@H]3C2. The average molecular weight is 218 g/mol. The topological polar surface area (TPSA) is 9.23 Å². The molecule has 0 radical (unpaired) electrons. The summed E-state index contributed by atoms with van der Waals surface area (Å²) >= 11 is 0. The lowest BCUT2D eigenvalue weighted by atomic mass is 9.91. The molecule has 3 rings (SSSR count). The third kappa shape index (κ3) is 1.44. The molecule has 0 aromatic rings. The van der Waals surface area contributed by atoms with E-state index >= 15 is 0 Å². The molecule has 0 heterocycles. The summed E-state index contributed by atoms with van der Waals surface area (Å²) in [6.45, 7) is 2.49. The predicted octanol–water partition coefficient (Wildman–Crippen LogP) is 4.06. The third-order valence-electron chi connectivity index (χ3n) is 5.08. The molecular formula is C15H22O. The van der Waals surface area contributed by atoms with E-state index in [9.17, 15) is 0 Å². The maximum atomic E-state index is 5.28. The van der Waals surface area contributed by atoms with Gasteiger partial charge in [0.15, 0.2) is 0 Å². The molecule has 0 N–H and O–H groups in total. The van der Waals surface area contributed by atoms with Crippen LogP contribution in [-0.4, -0.2) is 7.11 Å². The molecule has 2 saturated carbocycles. The molecule has 0 aromatic heterocycles. The molecular weight excluding hydrogens is 196 g/mol. The van der Waals surface area contributed by atoms with Gasteiger partial charge in [0, 0.05) is 0 Å². The number of hydrogen-bond donors (Lipinski definition) is 0. The third-order valence-corrected chi connectivity index (χ3v) is 5.08. The predicted molar refractivity (Wildman–Crippen MR) is 66.0 cm³/mol. The fraction of sp³-hybridized carbons (Fsp3) is 0.733. The molecule has 0 aromatic carbocycles. The summed E-state index contributed by atoms with van der Waals surface area (Å²) in [6, 6.07) is 0. The molecule has 0 aliphatic heterocycles. The van der Waals surface area contributed by atoms with E-state index in [1.54, 1.807) is 18.3 Å². The van der Waals surface area contributed by atoms with Gasteiger partial charge in [-0.25, -0.2) is 0 Å². The van der Waals surface area contributed by atoms with Crippen LogP contribution in [0.4, 0.5) is 0 Å². The van der Waals surface area contributed by atoms with Crippen LogP contribution in [0, 0.1) is 17.3 Å². The zero-order valence-electron chi connectivity index (χ0n) is 10.5. The van der Waals surface area contributed by atoms with Crippen LogP contribution in [0.2, 0.25) is 0 Å². The zero-order valence-corrected chi connectivity index (χ0v) is 10.5. The smallest absolute Gasteiger partial charge is 0.0819 e. The first-order chi connectivity index (χ1) is 7.75. The van der Waals surface area contributed by atoms with Gasteiger partial charge >= 0.3 is 0 Å². The van der Waals surface area contributed by atoms with Crippen molar-refractivity contribution in [2.75, 3.05) is 7.11 Å². The normalized spacial score (nSPS) is 44.1. The van der Waals surface area contributed by atoms with Crippen molar-refractivity contribution < 1.29 is 4.74 Å². The maximum absolute atomic E-state index is 5.28. The minimum Gasteiger partial charge on any atom is -0.504 e. The van der Waals surface area contributed by atoms with E-state index in [1.165, 1.54) is 38.5 Å². The van der Waals surface area contributed by atoms with Crippen LogP contribution >= 0.6 is 0 Å². The van der Waals surface area contributed by atoms with Gasteiger partial charge in [-0.1, -0.05) is 18.6 Å². The highest BCUT2D eigenvalue weighted by Gasteiger charge is 2.61. The second kappa shape index (κ2) is 3.65. The van der Waals surface area contributed by atoms with Crippen molar-refractivity contribution in [1.82, 2.24) is 0 Å². The Hall–Kier alpha value is -0.720. The van der Waals surface area contributed by atoms with Crippen molar-refractivity contribution in [2.45, 2.75) is 45.4 Å². The highest BCUT2D eigenvalue weighted by Crippen LogP contribution is 2.69. The molecule has 0 amide bonds. The zero-order chi connectivity index (χ0) is 11.2. The second-order valence-corrected chi connectivity index (χ2v) is 5.98. The van der Waals surface area contributed by atoms with E-state index in [0.29, 0.717) is 5.41 Å². The summed E-state index contributed by atoms with van der Waals surface area (Å²) in [5.41, 5.74) is 3.93. The van der Waals surface area contributed by atoms with E-state index in [0.717, 1.165) is 11.8 Å². The van der Waals surface area contributed by atoms with Crippen molar-refractivity contribution in [3.63, 3.8) is 0 Å². The van der Waals surface area contributed by atoms with Gasteiger partial charge in [0.05, 0.1) is 13.4 Å². The summed E-state index contributed by atoms with van der Waals surface area (Å²) in [4.78, 5) is 0. The number of allylic oxidation sites excluding steroid dienone is 3. The van der Waals surface area contributed by atoms with Gasteiger partial charge in [0.1, 0.15) is 0 Å². The Morgan fingerprint density at radius 2 is 2.31 bits per heavy atom. The lowest BCUT2D eigenvalue weighted by molar-refractivity contribution is 0.326. The van der Waals surface area contributed by atoms with Crippen LogP contribution in [0.5, 0.6) is 0 Å². The summed E-state index contributed by atoms with van der Waals surface area (Å²) in [5, 5.41) is 0. The second-order valence-electron chi connectivity index (χ2n) is 5.98. The van der Waals surface area contributed by atoms with Crippen molar-refractivity contribution in [3.8, 4) is 0 Å². The van der Waals surface area contributed by atoms with Gasteiger partial charge in [-0.05, 0) is 61.3 Å².